The fraction of sp³-hybridized carbons (Fsp3) is 0.357. The van der Waals surface area contributed by atoms with Crippen LogP contribution in [0.4, 0.5) is 10.5 Å². The van der Waals surface area contributed by atoms with Gasteiger partial charge < -0.3 is 21.1 Å². The van der Waals surface area contributed by atoms with Crippen molar-refractivity contribution in [3.8, 4) is 0 Å². The zero-order valence-electron chi connectivity index (χ0n) is 11.8. The number of nitrogens with one attached hydrogen (secondary N) is 3. The summed E-state index contributed by atoms with van der Waals surface area (Å²) in [7, 11) is 0. The van der Waals surface area contributed by atoms with Gasteiger partial charge in [0.15, 0.2) is 0 Å². The lowest BCUT2D eigenvalue weighted by atomic mass is 10.1. The molecule has 0 aliphatic carbocycles. The molecule has 21 heavy (non-hydrogen) atoms. The molecule has 0 unspecified atom stereocenters. The van der Waals surface area contributed by atoms with Crippen LogP contribution < -0.4 is 16.0 Å². The number of benzene rings is 1. The summed E-state index contributed by atoms with van der Waals surface area (Å²) >= 11 is 0. The third kappa shape index (κ3) is 6.95. The van der Waals surface area contributed by atoms with Crippen molar-refractivity contribution in [3.63, 3.8) is 0 Å². The van der Waals surface area contributed by atoms with Crippen LogP contribution in [-0.4, -0.2) is 36.1 Å². The van der Waals surface area contributed by atoms with E-state index >= 15 is 0 Å². The standard InChI is InChI=1S/C14H19N3O4/c1-2-3-10-4-6-11(7-5-10)17-14(21)16-8-12(18)15-9-13(19)20/h4-7H,2-3,8-9H2,1H3,(H,15,18)(H,19,20)(H2,16,17,21). The van der Waals surface area contributed by atoms with Gasteiger partial charge in [-0.05, 0) is 24.1 Å². The van der Waals surface area contributed by atoms with E-state index in [1.165, 1.54) is 5.56 Å². The molecular weight excluding hydrogens is 274 g/mol. The van der Waals surface area contributed by atoms with Crippen LogP contribution >= 0.6 is 0 Å². The number of carboxylic acid groups (broad SMARTS) is 1. The van der Waals surface area contributed by atoms with E-state index in [0.717, 1.165) is 12.8 Å². The maximum absolute atomic E-state index is 11.5. The van der Waals surface area contributed by atoms with E-state index in [0.29, 0.717) is 5.69 Å². The molecule has 114 valence electrons. The Morgan fingerprint density at radius 3 is 2.29 bits per heavy atom. The Morgan fingerprint density at radius 1 is 1.05 bits per heavy atom. The Kier molecular flexibility index (Phi) is 6.73. The van der Waals surface area contributed by atoms with Crippen molar-refractivity contribution in [2.75, 3.05) is 18.4 Å². The zero-order valence-corrected chi connectivity index (χ0v) is 11.8. The molecule has 0 saturated heterocycles. The Balaban J connectivity index is 2.33. The molecule has 1 aromatic carbocycles. The van der Waals surface area contributed by atoms with Gasteiger partial charge in [0, 0.05) is 5.69 Å². The topological polar surface area (TPSA) is 108 Å². The van der Waals surface area contributed by atoms with Gasteiger partial charge in [-0.2, -0.15) is 0 Å². The lowest BCUT2D eigenvalue weighted by Gasteiger charge is -2.08. The van der Waals surface area contributed by atoms with E-state index in [2.05, 4.69) is 22.9 Å². The van der Waals surface area contributed by atoms with Gasteiger partial charge in [-0.15, -0.1) is 0 Å². The average Bonchev–Trinajstić information content (AvgIpc) is 2.45. The molecule has 0 bridgehead atoms. The Hall–Kier alpha value is -2.57. The number of aliphatic carboxylic acids is 1. The van der Waals surface area contributed by atoms with Crippen molar-refractivity contribution in [3.05, 3.63) is 29.8 Å². The third-order valence-corrected chi connectivity index (χ3v) is 2.60. The van der Waals surface area contributed by atoms with E-state index < -0.39 is 24.5 Å². The van der Waals surface area contributed by atoms with Crippen LogP contribution in [-0.2, 0) is 16.0 Å². The molecule has 0 aliphatic heterocycles. The fourth-order valence-corrected chi connectivity index (χ4v) is 1.62. The highest BCUT2D eigenvalue weighted by Gasteiger charge is 2.06. The molecule has 7 nitrogen and oxygen atoms in total. The van der Waals surface area contributed by atoms with Crippen LogP contribution in [0.5, 0.6) is 0 Å². The van der Waals surface area contributed by atoms with E-state index in [-0.39, 0.29) is 6.54 Å². The van der Waals surface area contributed by atoms with Gasteiger partial charge in [-0.25, -0.2) is 4.79 Å². The van der Waals surface area contributed by atoms with Crippen LogP contribution in [0, 0.1) is 0 Å². The smallest absolute Gasteiger partial charge is 0.322 e. The van der Waals surface area contributed by atoms with Crippen molar-refractivity contribution >= 4 is 23.6 Å². The third-order valence-electron chi connectivity index (χ3n) is 2.60. The van der Waals surface area contributed by atoms with Crippen molar-refractivity contribution in [2.45, 2.75) is 19.8 Å². The Bertz CT molecular complexity index is 499. The summed E-state index contributed by atoms with van der Waals surface area (Å²) in [6.07, 6.45) is 2.04. The van der Waals surface area contributed by atoms with E-state index in [9.17, 15) is 14.4 Å². The van der Waals surface area contributed by atoms with E-state index in [1.54, 1.807) is 12.1 Å². The number of hydrogen-bond acceptors (Lipinski definition) is 3. The molecule has 0 fully saturated rings. The molecule has 4 N–H and O–H groups in total. The number of urea groups is 1. The van der Waals surface area contributed by atoms with Gasteiger partial charge in [0.05, 0.1) is 6.54 Å². The van der Waals surface area contributed by atoms with Gasteiger partial charge in [0.2, 0.25) is 5.91 Å². The molecule has 0 saturated carbocycles. The predicted octanol–water partition coefficient (Wildman–Crippen LogP) is 0.961. The molecule has 0 spiro atoms. The molecule has 1 aromatic rings. The van der Waals surface area contributed by atoms with Crippen molar-refractivity contribution in [1.29, 1.82) is 0 Å². The van der Waals surface area contributed by atoms with Crippen molar-refractivity contribution in [1.82, 2.24) is 10.6 Å². The van der Waals surface area contributed by atoms with Crippen molar-refractivity contribution in [2.24, 2.45) is 0 Å². The van der Waals surface area contributed by atoms with Gasteiger partial charge >= 0.3 is 12.0 Å². The summed E-state index contributed by atoms with van der Waals surface area (Å²) < 4.78 is 0. The normalized spacial score (nSPS) is 9.76. The summed E-state index contributed by atoms with van der Waals surface area (Å²) in [5.41, 5.74) is 1.81. The van der Waals surface area contributed by atoms with E-state index in [4.69, 9.17) is 5.11 Å². The SMILES string of the molecule is CCCc1ccc(NC(=O)NCC(=O)NCC(=O)O)cc1. The number of anilines is 1. The lowest BCUT2D eigenvalue weighted by Crippen LogP contribution is -2.40. The minimum Gasteiger partial charge on any atom is -0.480 e. The average molecular weight is 293 g/mol. The largest absolute Gasteiger partial charge is 0.480 e. The van der Waals surface area contributed by atoms with Crippen LogP contribution in [0.25, 0.3) is 0 Å². The first-order valence-corrected chi connectivity index (χ1v) is 6.63. The van der Waals surface area contributed by atoms with Gasteiger partial charge in [0.25, 0.3) is 0 Å². The Morgan fingerprint density at radius 2 is 1.71 bits per heavy atom. The molecule has 0 heterocycles. The molecule has 0 aromatic heterocycles. The number of rotatable bonds is 7. The van der Waals surface area contributed by atoms with Gasteiger partial charge in [0.1, 0.15) is 6.54 Å². The highest BCUT2D eigenvalue weighted by atomic mass is 16.4. The molecule has 3 amide bonds. The maximum atomic E-state index is 11.5. The first-order chi connectivity index (χ1) is 10.0. The number of carbonyl (C=O) groups excluding carboxylic acids is 2. The quantitative estimate of drug-likeness (QED) is 0.600. The fourth-order valence-electron chi connectivity index (χ4n) is 1.62. The van der Waals surface area contributed by atoms with Crippen LogP contribution in [0.3, 0.4) is 0 Å². The monoisotopic (exact) mass is 293 g/mol. The number of aryl methyl sites for hydroxylation is 1. The van der Waals surface area contributed by atoms with Gasteiger partial charge in [-0.1, -0.05) is 25.5 Å². The predicted molar refractivity (Wildman–Crippen MR) is 78.1 cm³/mol. The Labute approximate surface area is 122 Å². The van der Waals surface area contributed by atoms with Gasteiger partial charge in [-0.3, -0.25) is 9.59 Å². The second-order valence-electron chi connectivity index (χ2n) is 4.43. The highest BCUT2D eigenvalue weighted by molar-refractivity contribution is 5.92. The van der Waals surface area contributed by atoms with Crippen LogP contribution in [0.1, 0.15) is 18.9 Å². The molecule has 0 aliphatic rings. The second-order valence-corrected chi connectivity index (χ2v) is 4.43. The minimum absolute atomic E-state index is 0.285. The van der Waals surface area contributed by atoms with E-state index in [1.807, 2.05) is 12.1 Å². The minimum atomic E-state index is -1.14. The summed E-state index contributed by atoms with van der Waals surface area (Å²) in [4.78, 5) is 33.0. The first kappa shape index (κ1) is 16.5. The van der Waals surface area contributed by atoms with Crippen LogP contribution in [0.15, 0.2) is 24.3 Å². The summed E-state index contributed by atoms with van der Waals surface area (Å²) in [5, 5.41) is 15.4. The summed E-state index contributed by atoms with van der Waals surface area (Å²) in [6.45, 7) is 1.34. The number of amides is 3. The maximum Gasteiger partial charge on any atom is 0.322 e. The van der Waals surface area contributed by atoms with Crippen LogP contribution in [0.2, 0.25) is 0 Å². The number of carboxylic acids is 1. The second kappa shape index (κ2) is 8.57. The first-order valence-electron chi connectivity index (χ1n) is 6.63. The highest BCUT2D eigenvalue weighted by Crippen LogP contribution is 2.10. The lowest BCUT2D eigenvalue weighted by molar-refractivity contribution is -0.137. The zero-order chi connectivity index (χ0) is 15.7. The molecule has 1 rings (SSSR count). The molecule has 0 radical (unpaired) electrons. The number of carbonyl (C=O) groups is 3. The van der Waals surface area contributed by atoms with Crippen molar-refractivity contribution < 1.29 is 19.5 Å². The molecule has 7 heteroatoms. The molecular formula is C14H19N3O4. The summed E-state index contributed by atoms with van der Waals surface area (Å²) in [5.74, 6) is -1.70. The number of hydrogen-bond donors (Lipinski definition) is 4. The molecule has 0 atom stereocenters. The summed E-state index contributed by atoms with van der Waals surface area (Å²) in [6, 6.07) is 6.91.